The molecule has 1 aromatic carbocycles. The van der Waals surface area contributed by atoms with Gasteiger partial charge in [0.25, 0.3) is 0 Å². The predicted octanol–water partition coefficient (Wildman–Crippen LogP) is 2.91. The molecule has 0 unspecified atom stereocenters. The molecule has 0 aliphatic carbocycles. The molecule has 0 aliphatic heterocycles. The number of aryl methyl sites for hydroxylation is 1. The van der Waals surface area contributed by atoms with Gasteiger partial charge in [-0.2, -0.15) is 0 Å². The Kier molecular flexibility index (Phi) is 3.18. The Morgan fingerprint density at radius 2 is 1.83 bits per heavy atom. The van der Waals surface area contributed by atoms with E-state index in [-0.39, 0.29) is 17.2 Å². The summed E-state index contributed by atoms with van der Waals surface area (Å²) >= 11 is 0. The number of nitrogens with zero attached hydrogens (tertiary/aromatic N) is 2. The summed E-state index contributed by atoms with van der Waals surface area (Å²) in [5.74, 6) is -3.70. The van der Waals surface area contributed by atoms with Crippen molar-refractivity contribution in [2.45, 2.75) is 6.92 Å². The van der Waals surface area contributed by atoms with Crippen molar-refractivity contribution in [1.82, 2.24) is 9.97 Å². The minimum Gasteiger partial charge on any atom is -0.357 e. The summed E-state index contributed by atoms with van der Waals surface area (Å²) in [6.07, 6.45) is 1.48. The monoisotopic (exact) mass is 253 g/mol. The molecule has 0 saturated carbocycles. The topological polar surface area (TPSA) is 37.8 Å². The number of hydrogen-bond acceptors (Lipinski definition) is 3. The van der Waals surface area contributed by atoms with Crippen LogP contribution in [0.4, 0.5) is 19.1 Å². The standard InChI is InChI=1S/C12H10F3N3/c1-6-5-17-12(16-2)18-11(6)7-3-4-8(13)10(15)9(7)14/h3-5H,1-2H3,(H,16,17,18). The minimum atomic E-state index is -1.50. The van der Waals surface area contributed by atoms with Gasteiger partial charge in [0, 0.05) is 18.8 Å². The van der Waals surface area contributed by atoms with Crippen LogP contribution in [-0.2, 0) is 0 Å². The van der Waals surface area contributed by atoms with E-state index in [1.807, 2.05) is 0 Å². The van der Waals surface area contributed by atoms with Crippen molar-refractivity contribution in [1.29, 1.82) is 0 Å². The molecule has 1 aromatic heterocycles. The highest BCUT2D eigenvalue weighted by Gasteiger charge is 2.17. The van der Waals surface area contributed by atoms with Crippen LogP contribution in [0, 0.1) is 24.4 Å². The van der Waals surface area contributed by atoms with Crippen LogP contribution in [0.15, 0.2) is 18.3 Å². The van der Waals surface area contributed by atoms with Gasteiger partial charge in [-0.3, -0.25) is 0 Å². The fraction of sp³-hybridized carbons (Fsp3) is 0.167. The van der Waals surface area contributed by atoms with Gasteiger partial charge in [-0.05, 0) is 24.6 Å². The molecule has 0 fully saturated rings. The SMILES string of the molecule is CNc1ncc(C)c(-c2ccc(F)c(F)c2F)n1. The van der Waals surface area contributed by atoms with E-state index in [0.717, 1.165) is 12.1 Å². The van der Waals surface area contributed by atoms with Crippen molar-refractivity contribution in [2.24, 2.45) is 0 Å². The molecule has 0 bridgehead atoms. The summed E-state index contributed by atoms with van der Waals surface area (Å²) in [7, 11) is 1.61. The van der Waals surface area contributed by atoms with Gasteiger partial charge < -0.3 is 5.32 Å². The Morgan fingerprint density at radius 3 is 2.50 bits per heavy atom. The van der Waals surface area contributed by atoms with Crippen LogP contribution in [0.25, 0.3) is 11.3 Å². The first-order valence-corrected chi connectivity index (χ1v) is 5.20. The van der Waals surface area contributed by atoms with E-state index < -0.39 is 17.5 Å². The maximum atomic E-state index is 13.7. The number of halogens is 3. The van der Waals surface area contributed by atoms with Crippen LogP contribution in [0.3, 0.4) is 0 Å². The molecular formula is C12H10F3N3. The average molecular weight is 253 g/mol. The van der Waals surface area contributed by atoms with E-state index in [9.17, 15) is 13.2 Å². The molecule has 18 heavy (non-hydrogen) atoms. The summed E-state index contributed by atoms with van der Waals surface area (Å²) in [5, 5.41) is 2.70. The Balaban J connectivity index is 2.65. The normalized spacial score (nSPS) is 10.5. The molecule has 2 rings (SSSR count). The Bertz CT molecular complexity index is 599. The fourth-order valence-corrected chi connectivity index (χ4v) is 1.54. The summed E-state index contributed by atoms with van der Waals surface area (Å²) < 4.78 is 39.7. The van der Waals surface area contributed by atoms with Gasteiger partial charge in [0.05, 0.1) is 5.69 Å². The zero-order valence-electron chi connectivity index (χ0n) is 9.76. The van der Waals surface area contributed by atoms with E-state index in [4.69, 9.17) is 0 Å². The molecule has 0 spiro atoms. The van der Waals surface area contributed by atoms with Gasteiger partial charge in [-0.1, -0.05) is 0 Å². The summed E-state index contributed by atoms with van der Waals surface area (Å²) in [5.41, 5.74) is 0.704. The molecule has 0 radical (unpaired) electrons. The molecule has 1 heterocycles. The average Bonchev–Trinajstić information content (AvgIpc) is 2.37. The smallest absolute Gasteiger partial charge is 0.222 e. The van der Waals surface area contributed by atoms with Crippen LogP contribution in [0.1, 0.15) is 5.56 Å². The molecule has 1 N–H and O–H groups in total. The van der Waals surface area contributed by atoms with Gasteiger partial charge in [-0.15, -0.1) is 0 Å². The second-order valence-electron chi connectivity index (χ2n) is 3.70. The van der Waals surface area contributed by atoms with Crippen molar-refractivity contribution in [3.05, 3.63) is 41.3 Å². The van der Waals surface area contributed by atoms with Crippen LogP contribution < -0.4 is 5.32 Å². The van der Waals surface area contributed by atoms with E-state index in [1.165, 1.54) is 6.20 Å². The predicted molar refractivity (Wildman–Crippen MR) is 61.6 cm³/mol. The maximum Gasteiger partial charge on any atom is 0.222 e. The zero-order chi connectivity index (χ0) is 13.3. The van der Waals surface area contributed by atoms with Gasteiger partial charge in [0.2, 0.25) is 5.95 Å². The molecule has 0 saturated heterocycles. The van der Waals surface area contributed by atoms with E-state index >= 15 is 0 Å². The molecule has 0 amide bonds. The van der Waals surface area contributed by atoms with Crippen molar-refractivity contribution in [3.63, 3.8) is 0 Å². The lowest BCUT2D eigenvalue weighted by molar-refractivity contribution is 0.449. The Hall–Kier alpha value is -2.11. The first-order chi connectivity index (χ1) is 8.54. The number of benzene rings is 1. The van der Waals surface area contributed by atoms with Gasteiger partial charge >= 0.3 is 0 Å². The van der Waals surface area contributed by atoms with Crippen LogP contribution >= 0.6 is 0 Å². The summed E-state index contributed by atoms with van der Waals surface area (Å²) in [6.45, 7) is 1.66. The summed E-state index contributed by atoms with van der Waals surface area (Å²) in [6, 6.07) is 2.02. The number of anilines is 1. The maximum absolute atomic E-state index is 13.7. The van der Waals surface area contributed by atoms with E-state index in [0.29, 0.717) is 5.56 Å². The largest absolute Gasteiger partial charge is 0.357 e. The van der Waals surface area contributed by atoms with Gasteiger partial charge in [0.1, 0.15) is 0 Å². The van der Waals surface area contributed by atoms with Crippen LogP contribution in [0.5, 0.6) is 0 Å². The highest BCUT2D eigenvalue weighted by Crippen LogP contribution is 2.27. The van der Waals surface area contributed by atoms with Crippen molar-refractivity contribution >= 4 is 5.95 Å². The third kappa shape index (κ3) is 2.01. The van der Waals surface area contributed by atoms with E-state index in [2.05, 4.69) is 15.3 Å². The third-order valence-electron chi connectivity index (χ3n) is 2.49. The second kappa shape index (κ2) is 4.64. The van der Waals surface area contributed by atoms with Crippen LogP contribution in [-0.4, -0.2) is 17.0 Å². The number of nitrogens with one attached hydrogen (secondary N) is 1. The lowest BCUT2D eigenvalue weighted by atomic mass is 10.1. The molecule has 3 nitrogen and oxygen atoms in total. The van der Waals surface area contributed by atoms with E-state index in [1.54, 1.807) is 14.0 Å². The highest BCUT2D eigenvalue weighted by molar-refractivity contribution is 5.64. The Labute approximate surface area is 102 Å². The van der Waals surface area contributed by atoms with Crippen LogP contribution in [0.2, 0.25) is 0 Å². The molecule has 2 aromatic rings. The number of aromatic nitrogens is 2. The van der Waals surface area contributed by atoms with Crippen molar-refractivity contribution in [3.8, 4) is 11.3 Å². The molecule has 6 heteroatoms. The first-order valence-electron chi connectivity index (χ1n) is 5.20. The van der Waals surface area contributed by atoms with Gasteiger partial charge in [0.15, 0.2) is 17.5 Å². The summed E-state index contributed by atoms with van der Waals surface area (Å²) in [4.78, 5) is 7.98. The number of rotatable bonds is 2. The molecule has 94 valence electrons. The molecule has 0 atom stereocenters. The van der Waals surface area contributed by atoms with Crippen molar-refractivity contribution < 1.29 is 13.2 Å². The Morgan fingerprint density at radius 1 is 1.11 bits per heavy atom. The molecular weight excluding hydrogens is 243 g/mol. The molecule has 0 aliphatic rings. The number of hydrogen-bond donors (Lipinski definition) is 1. The second-order valence-corrected chi connectivity index (χ2v) is 3.70. The van der Waals surface area contributed by atoms with Gasteiger partial charge in [-0.25, -0.2) is 23.1 Å². The fourth-order valence-electron chi connectivity index (χ4n) is 1.54. The highest BCUT2D eigenvalue weighted by atomic mass is 19.2. The zero-order valence-corrected chi connectivity index (χ0v) is 9.76. The lowest BCUT2D eigenvalue weighted by Gasteiger charge is -2.08. The minimum absolute atomic E-state index is 0.0923. The van der Waals surface area contributed by atoms with Crippen molar-refractivity contribution in [2.75, 3.05) is 12.4 Å². The third-order valence-corrected chi connectivity index (χ3v) is 2.49. The lowest BCUT2D eigenvalue weighted by Crippen LogP contribution is -2.02. The first kappa shape index (κ1) is 12.3. The quantitative estimate of drug-likeness (QED) is 0.836.